The average molecular weight is 438 g/mol. The Morgan fingerprint density at radius 3 is 2.50 bits per heavy atom. The third-order valence-corrected chi connectivity index (χ3v) is 6.91. The number of pyridine rings is 1. The Labute approximate surface area is 161 Å². The van der Waals surface area contributed by atoms with Crippen LogP contribution in [0, 0.1) is 5.92 Å². The largest absolute Gasteiger partial charge is 0.352 e. The van der Waals surface area contributed by atoms with E-state index >= 15 is 0 Å². The number of rotatable bonds is 5. The van der Waals surface area contributed by atoms with Crippen molar-refractivity contribution in [3.05, 3.63) is 58.8 Å². The predicted molar refractivity (Wildman–Crippen MR) is 102 cm³/mol. The van der Waals surface area contributed by atoms with E-state index in [2.05, 4.69) is 26.2 Å². The van der Waals surface area contributed by atoms with E-state index in [0.29, 0.717) is 25.2 Å². The Kier molecular flexibility index (Phi) is 6.05. The molecule has 1 aliphatic heterocycles. The highest BCUT2D eigenvalue weighted by molar-refractivity contribution is 9.10. The van der Waals surface area contributed by atoms with Gasteiger partial charge in [0.05, 0.1) is 0 Å². The minimum Gasteiger partial charge on any atom is -0.352 e. The summed E-state index contributed by atoms with van der Waals surface area (Å²) in [6, 6.07) is 10.4. The van der Waals surface area contributed by atoms with Crippen molar-refractivity contribution in [2.75, 3.05) is 19.6 Å². The molecule has 1 amide bonds. The van der Waals surface area contributed by atoms with E-state index in [1.807, 2.05) is 12.1 Å². The quantitative estimate of drug-likeness (QED) is 0.779. The Bertz CT molecular complexity index is 849. The normalized spacial score (nSPS) is 16.3. The molecule has 1 aromatic carbocycles. The minimum absolute atomic E-state index is 0.108. The van der Waals surface area contributed by atoms with E-state index < -0.39 is 10.0 Å². The number of aromatic nitrogens is 1. The first-order valence-electron chi connectivity index (χ1n) is 8.41. The van der Waals surface area contributed by atoms with Crippen LogP contribution < -0.4 is 5.32 Å². The monoisotopic (exact) mass is 437 g/mol. The van der Waals surface area contributed by atoms with Crippen molar-refractivity contribution in [2.45, 2.75) is 17.7 Å². The molecule has 6 nitrogen and oxygen atoms in total. The molecule has 0 saturated carbocycles. The molecule has 1 fully saturated rings. The zero-order valence-corrected chi connectivity index (χ0v) is 16.5. The van der Waals surface area contributed by atoms with Crippen LogP contribution in [0.1, 0.15) is 23.2 Å². The van der Waals surface area contributed by atoms with Crippen molar-refractivity contribution >= 4 is 31.9 Å². The topological polar surface area (TPSA) is 79.4 Å². The number of piperidine rings is 1. The molecule has 0 radical (unpaired) electrons. The third-order valence-electron chi connectivity index (χ3n) is 4.50. The fraction of sp³-hybridized carbons (Fsp3) is 0.333. The molecule has 2 heterocycles. The molecule has 1 N–H and O–H groups in total. The van der Waals surface area contributed by atoms with Crippen LogP contribution in [0.2, 0.25) is 0 Å². The molecule has 0 atom stereocenters. The van der Waals surface area contributed by atoms with Gasteiger partial charge in [-0.3, -0.25) is 9.78 Å². The zero-order chi connectivity index (χ0) is 18.6. The van der Waals surface area contributed by atoms with Crippen molar-refractivity contribution in [2.24, 2.45) is 5.92 Å². The molecule has 138 valence electrons. The first kappa shape index (κ1) is 19.0. The maximum atomic E-state index is 12.6. The van der Waals surface area contributed by atoms with Crippen molar-refractivity contribution in [3.8, 4) is 0 Å². The first-order valence-corrected chi connectivity index (χ1v) is 10.6. The summed E-state index contributed by atoms with van der Waals surface area (Å²) in [5.74, 6) is 0.164. The highest BCUT2D eigenvalue weighted by atomic mass is 79.9. The number of benzene rings is 1. The summed E-state index contributed by atoms with van der Waals surface area (Å²) in [7, 11) is -3.48. The molecule has 1 aliphatic rings. The van der Waals surface area contributed by atoms with Crippen molar-refractivity contribution in [1.82, 2.24) is 14.6 Å². The van der Waals surface area contributed by atoms with Gasteiger partial charge >= 0.3 is 0 Å². The lowest BCUT2D eigenvalue weighted by atomic mass is 9.98. The maximum absolute atomic E-state index is 12.6. The van der Waals surface area contributed by atoms with Crippen molar-refractivity contribution in [3.63, 3.8) is 0 Å². The van der Waals surface area contributed by atoms with E-state index in [0.717, 1.165) is 17.3 Å². The smallest absolute Gasteiger partial charge is 0.251 e. The highest BCUT2D eigenvalue weighted by Crippen LogP contribution is 2.23. The molecule has 8 heteroatoms. The number of halogens is 1. The number of hydrogen-bond donors (Lipinski definition) is 1. The van der Waals surface area contributed by atoms with Gasteiger partial charge in [-0.05, 0) is 55.2 Å². The number of carbonyl (C=O) groups excluding carboxylic acids is 1. The Morgan fingerprint density at radius 2 is 1.88 bits per heavy atom. The van der Waals surface area contributed by atoms with Crippen LogP contribution in [0.5, 0.6) is 0 Å². The molecule has 3 rings (SSSR count). The van der Waals surface area contributed by atoms with Crippen LogP contribution in [0.25, 0.3) is 0 Å². The van der Waals surface area contributed by atoms with Gasteiger partial charge in [-0.25, -0.2) is 8.42 Å². The van der Waals surface area contributed by atoms with Gasteiger partial charge in [0.15, 0.2) is 0 Å². The fourth-order valence-electron chi connectivity index (χ4n) is 2.94. The summed E-state index contributed by atoms with van der Waals surface area (Å²) in [5, 5.41) is 2.94. The number of hydrogen-bond acceptors (Lipinski definition) is 4. The average Bonchev–Trinajstić information content (AvgIpc) is 2.67. The van der Waals surface area contributed by atoms with Gasteiger partial charge in [-0.1, -0.05) is 15.9 Å². The molecule has 0 unspecified atom stereocenters. The van der Waals surface area contributed by atoms with Gasteiger partial charge in [0.2, 0.25) is 10.0 Å². The molecule has 1 aromatic heterocycles. The van der Waals surface area contributed by atoms with Crippen LogP contribution in [-0.2, 0) is 10.0 Å². The van der Waals surface area contributed by atoms with Gasteiger partial charge in [0.25, 0.3) is 5.91 Å². The van der Waals surface area contributed by atoms with E-state index in [4.69, 9.17) is 0 Å². The second kappa shape index (κ2) is 8.28. The molecular weight excluding hydrogens is 418 g/mol. The summed E-state index contributed by atoms with van der Waals surface area (Å²) in [4.78, 5) is 16.3. The summed E-state index contributed by atoms with van der Waals surface area (Å²) in [6.07, 6.45) is 4.37. The predicted octanol–water partition coefficient (Wildman–Crippen LogP) is 2.67. The summed E-state index contributed by atoms with van der Waals surface area (Å²) in [5.41, 5.74) is 0.616. The van der Waals surface area contributed by atoms with Crippen molar-refractivity contribution in [1.29, 1.82) is 0 Å². The van der Waals surface area contributed by atoms with E-state index in [9.17, 15) is 13.2 Å². The summed E-state index contributed by atoms with van der Waals surface area (Å²) in [6.45, 7) is 1.46. The second-order valence-corrected chi connectivity index (χ2v) is 9.11. The standard InChI is InChI=1S/C18H20BrN3O3S/c19-16-5-3-15(4-6-16)18(23)21-12-14-7-10-22(11-8-14)26(24,25)17-2-1-9-20-13-17/h1-6,9,13-14H,7-8,10-12H2,(H,21,23). The molecule has 0 aliphatic carbocycles. The van der Waals surface area contributed by atoms with Crippen LogP contribution in [0.15, 0.2) is 58.2 Å². The molecular formula is C18H20BrN3O3S. The highest BCUT2D eigenvalue weighted by Gasteiger charge is 2.29. The Hall–Kier alpha value is -1.77. The van der Waals surface area contributed by atoms with Crippen molar-refractivity contribution < 1.29 is 13.2 Å². The van der Waals surface area contributed by atoms with Gasteiger partial charge in [0.1, 0.15) is 4.90 Å². The van der Waals surface area contributed by atoms with Crippen LogP contribution in [0.4, 0.5) is 0 Å². The molecule has 0 spiro atoms. The Morgan fingerprint density at radius 1 is 1.19 bits per heavy atom. The molecule has 1 saturated heterocycles. The van der Waals surface area contributed by atoms with Crippen LogP contribution >= 0.6 is 15.9 Å². The fourth-order valence-corrected chi connectivity index (χ4v) is 4.64. The number of carbonyl (C=O) groups is 1. The second-order valence-electron chi connectivity index (χ2n) is 6.25. The number of sulfonamides is 1. The van der Waals surface area contributed by atoms with Crippen LogP contribution in [-0.4, -0.2) is 43.2 Å². The van der Waals surface area contributed by atoms with Gasteiger partial charge in [-0.2, -0.15) is 4.31 Å². The molecule has 2 aromatic rings. The SMILES string of the molecule is O=C(NCC1CCN(S(=O)(=O)c2cccnc2)CC1)c1ccc(Br)cc1. The Balaban J connectivity index is 1.51. The van der Waals surface area contributed by atoms with E-state index in [-0.39, 0.29) is 16.7 Å². The molecule has 26 heavy (non-hydrogen) atoms. The number of nitrogens with one attached hydrogen (secondary N) is 1. The van der Waals surface area contributed by atoms with E-state index in [1.54, 1.807) is 30.5 Å². The number of amides is 1. The van der Waals surface area contributed by atoms with Gasteiger partial charge in [-0.15, -0.1) is 0 Å². The van der Waals surface area contributed by atoms with Gasteiger partial charge < -0.3 is 5.32 Å². The lowest BCUT2D eigenvalue weighted by molar-refractivity contribution is 0.0941. The summed E-state index contributed by atoms with van der Waals surface area (Å²) < 4.78 is 27.6. The van der Waals surface area contributed by atoms with Gasteiger partial charge in [0, 0.05) is 42.1 Å². The number of nitrogens with zero attached hydrogens (tertiary/aromatic N) is 2. The third kappa shape index (κ3) is 4.49. The van der Waals surface area contributed by atoms with E-state index in [1.165, 1.54) is 10.5 Å². The van der Waals surface area contributed by atoms with Crippen LogP contribution in [0.3, 0.4) is 0 Å². The summed E-state index contributed by atoms with van der Waals surface area (Å²) >= 11 is 3.35. The maximum Gasteiger partial charge on any atom is 0.251 e. The zero-order valence-electron chi connectivity index (χ0n) is 14.1. The first-order chi connectivity index (χ1) is 12.5. The minimum atomic E-state index is -3.48. The molecule has 0 bridgehead atoms. The lowest BCUT2D eigenvalue weighted by Gasteiger charge is -2.31. The lowest BCUT2D eigenvalue weighted by Crippen LogP contribution is -2.41.